The molecule has 62 valence electrons. The van der Waals surface area contributed by atoms with Crippen LogP contribution in [0.2, 0.25) is 5.02 Å². The third-order valence-electron chi connectivity index (χ3n) is 1.77. The summed E-state index contributed by atoms with van der Waals surface area (Å²) < 4.78 is 0. The predicted octanol–water partition coefficient (Wildman–Crippen LogP) is 3.15. The zero-order chi connectivity index (χ0) is 8.97. The molecule has 12 heavy (non-hydrogen) atoms. The van der Waals surface area contributed by atoms with Crippen molar-refractivity contribution in [3.63, 3.8) is 0 Å². The molecule has 0 aliphatic heterocycles. The van der Waals surface area contributed by atoms with Crippen LogP contribution in [0.1, 0.15) is 12.5 Å². The largest absolute Gasteiger partial charge is 0.120 e. The predicted molar refractivity (Wildman–Crippen MR) is 53.2 cm³/mol. The van der Waals surface area contributed by atoms with E-state index >= 15 is 0 Å². The van der Waals surface area contributed by atoms with Crippen molar-refractivity contribution >= 4 is 11.6 Å². The van der Waals surface area contributed by atoms with Gasteiger partial charge in [0.15, 0.2) is 0 Å². The molecular weight excluding hydrogens is 168 g/mol. The summed E-state index contributed by atoms with van der Waals surface area (Å²) in [6, 6.07) is 7.80. The number of terminal acetylenes is 1. The van der Waals surface area contributed by atoms with E-state index < -0.39 is 0 Å². The molecule has 0 N–H and O–H groups in total. The van der Waals surface area contributed by atoms with Crippen LogP contribution in [0.25, 0.3) is 0 Å². The Morgan fingerprint density at radius 2 is 2.17 bits per heavy atom. The van der Waals surface area contributed by atoms with Gasteiger partial charge in [0, 0.05) is 10.9 Å². The van der Waals surface area contributed by atoms with E-state index in [9.17, 15) is 0 Å². The molecule has 0 amide bonds. The minimum atomic E-state index is 0.255. The van der Waals surface area contributed by atoms with Crippen LogP contribution in [0, 0.1) is 18.3 Å². The van der Waals surface area contributed by atoms with Crippen molar-refractivity contribution in [2.45, 2.75) is 13.3 Å². The lowest BCUT2D eigenvalue weighted by Crippen LogP contribution is -1.96. The number of hydrogen-bond donors (Lipinski definition) is 0. The van der Waals surface area contributed by atoms with E-state index in [-0.39, 0.29) is 5.92 Å². The summed E-state index contributed by atoms with van der Waals surface area (Å²) >= 11 is 5.96. The van der Waals surface area contributed by atoms with E-state index in [0.717, 1.165) is 17.0 Å². The minimum absolute atomic E-state index is 0.255. The van der Waals surface area contributed by atoms with Crippen LogP contribution < -0.4 is 0 Å². The molecule has 0 radical (unpaired) electrons. The number of benzene rings is 1. The fraction of sp³-hybridized carbons (Fsp3) is 0.273. The molecule has 0 bridgehead atoms. The first kappa shape index (κ1) is 9.16. The maximum Gasteiger partial charge on any atom is 0.0438 e. The lowest BCUT2D eigenvalue weighted by atomic mass is 10.0. The monoisotopic (exact) mass is 178 g/mol. The lowest BCUT2D eigenvalue weighted by molar-refractivity contribution is 0.751. The van der Waals surface area contributed by atoms with Crippen LogP contribution in [0.4, 0.5) is 0 Å². The van der Waals surface area contributed by atoms with Gasteiger partial charge < -0.3 is 0 Å². The Morgan fingerprint density at radius 3 is 2.75 bits per heavy atom. The van der Waals surface area contributed by atoms with E-state index in [1.165, 1.54) is 0 Å². The lowest BCUT2D eigenvalue weighted by Gasteiger charge is -2.05. The first-order valence-corrected chi connectivity index (χ1v) is 4.31. The van der Waals surface area contributed by atoms with Gasteiger partial charge in [-0.25, -0.2) is 0 Å². The molecule has 1 rings (SSSR count). The van der Waals surface area contributed by atoms with Gasteiger partial charge in [0.1, 0.15) is 0 Å². The van der Waals surface area contributed by atoms with Crippen LogP contribution in [-0.4, -0.2) is 0 Å². The van der Waals surface area contributed by atoms with Gasteiger partial charge in [-0.2, -0.15) is 0 Å². The van der Waals surface area contributed by atoms with Crippen molar-refractivity contribution in [3.05, 3.63) is 34.9 Å². The van der Waals surface area contributed by atoms with Gasteiger partial charge in [0.2, 0.25) is 0 Å². The van der Waals surface area contributed by atoms with Gasteiger partial charge in [-0.05, 0) is 18.1 Å². The molecule has 0 nitrogen and oxygen atoms in total. The van der Waals surface area contributed by atoms with Crippen molar-refractivity contribution in [1.29, 1.82) is 0 Å². The maximum atomic E-state index is 5.96. The molecule has 0 spiro atoms. The summed E-state index contributed by atoms with van der Waals surface area (Å²) in [5.41, 5.74) is 1.13. The SMILES string of the molecule is C#CC(C)Cc1ccccc1Cl. The van der Waals surface area contributed by atoms with Gasteiger partial charge in [0.05, 0.1) is 0 Å². The molecule has 0 heterocycles. The number of halogens is 1. The van der Waals surface area contributed by atoms with Crippen molar-refractivity contribution < 1.29 is 0 Å². The highest BCUT2D eigenvalue weighted by Crippen LogP contribution is 2.18. The summed E-state index contributed by atoms with van der Waals surface area (Å²) in [5.74, 6) is 2.94. The van der Waals surface area contributed by atoms with Gasteiger partial charge in [-0.3, -0.25) is 0 Å². The second-order valence-electron chi connectivity index (χ2n) is 2.86. The number of hydrogen-bond acceptors (Lipinski definition) is 0. The van der Waals surface area contributed by atoms with Crippen LogP contribution >= 0.6 is 11.6 Å². The quantitative estimate of drug-likeness (QED) is 0.611. The van der Waals surface area contributed by atoms with E-state index in [4.69, 9.17) is 18.0 Å². The topological polar surface area (TPSA) is 0 Å². The maximum absolute atomic E-state index is 5.96. The molecule has 0 fully saturated rings. The molecule has 1 aromatic rings. The van der Waals surface area contributed by atoms with Gasteiger partial charge in [0.25, 0.3) is 0 Å². The fourth-order valence-electron chi connectivity index (χ4n) is 1.05. The molecule has 0 saturated heterocycles. The number of rotatable bonds is 2. The molecule has 1 unspecified atom stereocenters. The van der Waals surface area contributed by atoms with Crippen LogP contribution in [0.15, 0.2) is 24.3 Å². The van der Waals surface area contributed by atoms with Crippen molar-refractivity contribution in [1.82, 2.24) is 0 Å². The average molecular weight is 179 g/mol. The summed E-state index contributed by atoms with van der Waals surface area (Å²) in [5, 5.41) is 0.805. The highest BCUT2D eigenvalue weighted by molar-refractivity contribution is 6.31. The third kappa shape index (κ3) is 2.29. The molecule has 0 aromatic heterocycles. The zero-order valence-corrected chi connectivity index (χ0v) is 7.81. The van der Waals surface area contributed by atoms with Gasteiger partial charge >= 0.3 is 0 Å². The first-order valence-electron chi connectivity index (χ1n) is 3.93. The Kier molecular flexibility index (Phi) is 3.19. The summed E-state index contributed by atoms with van der Waals surface area (Å²) in [7, 11) is 0. The standard InChI is InChI=1S/C11H11Cl/c1-3-9(2)8-10-6-4-5-7-11(10)12/h1,4-7,9H,8H2,2H3. The Hall–Kier alpha value is -0.930. The summed E-state index contributed by atoms with van der Waals surface area (Å²) in [4.78, 5) is 0. The molecule has 0 saturated carbocycles. The minimum Gasteiger partial charge on any atom is -0.120 e. The van der Waals surface area contributed by atoms with Crippen LogP contribution in [0.5, 0.6) is 0 Å². The summed E-state index contributed by atoms with van der Waals surface area (Å²) in [6.45, 7) is 2.02. The van der Waals surface area contributed by atoms with E-state index in [2.05, 4.69) is 5.92 Å². The molecular formula is C11H11Cl. The van der Waals surface area contributed by atoms with Gasteiger partial charge in [-0.1, -0.05) is 36.7 Å². The summed E-state index contributed by atoms with van der Waals surface area (Å²) in [6.07, 6.45) is 6.13. The van der Waals surface area contributed by atoms with E-state index in [0.29, 0.717) is 0 Å². The fourth-order valence-corrected chi connectivity index (χ4v) is 1.27. The molecule has 1 heteroatoms. The first-order chi connectivity index (χ1) is 5.74. The zero-order valence-electron chi connectivity index (χ0n) is 7.05. The Labute approximate surface area is 78.6 Å². The molecule has 0 aliphatic carbocycles. The second-order valence-corrected chi connectivity index (χ2v) is 3.27. The van der Waals surface area contributed by atoms with E-state index in [1.54, 1.807) is 0 Å². The molecule has 1 aromatic carbocycles. The Morgan fingerprint density at radius 1 is 1.50 bits per heavy atom. The third-order valence-corrected chi connectivity index (χ3v) is 2.14. The smallest absolute Gasteiger partial charge is 0.0438 e. The average Bonchev–Trinajstić information content (AvgIpc) is 2.09. The van der Waals surface area contributed by atoms with Crippen molar-refractivity contribution in [2.24, 2.45) is 5.92 Å². The van der Waals surface area contributed by atoms with Crippen LogP contribution in [-0.2, 0) is 6.42 Å². The second kappa shape index (κ2) is 4.18. The highest BCUT2D eigenvalue weighted by atomic mass is 35.5. The Balaban J connectivity index is 2.77. The Bertz CT molecular complexity index is 296. The van der Waals surface area contributed by atoms with Crippen molar-refractivity contribution in [3.8, 4) is 12.3 Å². The van der Waals surface area contributed by atoms with E-state index in [1.807, 2.05) is 31.2 Å². The highest BCUT2D eigenvalue weighted by Gasteiger charge is 2.02. The van der Waals surface area contributed by atoms with Gasteiger partial charge in [-0.15, -0.1) is 12.3 Å². The normalized spacial score (nSPS) is 12.1. The molecule has 1 atom stereocenters. The molecule has 0 aliphatic rings. The van der Waals surface area contributed by atoms with Crippen LogP contribution in [0.3, 0.4) is 0 Å². The van der Waals surface area contributed by atoms with Crippen molar-refractivity contribution in [2.75, 3.05) is 0 Å².